The van der Waals surface area contributed by atoms with Gasteiger partial charge in [0, 0.05) is 46.2 Å². The molecule has 0 aromatic carbocycles. The Morgan fingerprint density at radius 1 is 1.25 bits per heavy atom. The summed E-state index contributed by atoms with van der Waals surface area (Å²) in [5, 5.41) is 0. The molecule has 0 atom stereocenters. The van der Waals surface area contributed by atoms with Gasteiger partial charge in [-0.15, -0.1) is 0 Å². The number of hydrogen-bond donors (Lipinski definition) is 0. The van der Waals surface area contributed by atoms with Crippen molar-refractivity contribution in [2.75, 3.05) is 0 Å². The van der Waals surface area contributed by atoms with Crippen molar-refractivity contribution >= 4 is 0 Å². The summed E-state index contributed by atoms with van der Waals surface area (Å²) in [5.74, 6) is 0. The second-order valence-electron chi connectivity index (χ2n) is 2.86. The minimum atomic E-state index is 0. The largest absolute Gasteiger partial charge is 0.337 e. The van der Waals surface area contributed by atoms with Gasteiger partial charge in [0.25, 0.3) is 0 Å². The average Bonchev–Trinajstić information content (AvgIpc) is 2.50. The first-order valence-corrected chi connectivity index (χ1v) is 4.39. The molecule has 0 aliphatic carbocycles. The molecule has 1 heterocycles. The van der Waals surface area contributed by atoms with Crippen LogP contribution in [-0.4, -0.2) is 9.55 Å². The minimum absolute atomic E-state index is 0. The zero-order chi connectivity index (χ0) is 7.94. The van der Waals surface area contributed by atoms with Gasteiger partial charge in [0.1, 0.15) is 0 Å². The molecule has 1 aromatic heterocycles. The first-order valence-electron chi connectivity index (χ1n) is 4.39. The standard InChI is InChI=1S/C9H16N2.Cd/c1-2-3-4-5-7-11-8-6-10-9-11;/h6,8-9H,2-5,7H2,1H3;. The minimum Gasteiger partial charge on any atom is -0.337 e. The molecule has 0 amide bonds. The second kappa shape index (κ2) is 7.76. The fourth-order valence-electron chi connectivity index (χ4n) is 1.14. The van der Waals surface area contributed by atoms with Crippen molar-refractivity contribution in [3.05, 3.63) is 18.7 Å². The molecule has 0 unspecified atom stereocenters. The molecule has 2 nitrogen and oxygen atoms in total. The van der Waals surface area contributed by atoms with Crippen molar-refractivity contribution in [1.29, 1.82) is 0 Å². The summed E-state index contributed by atoms with van der Waals surface area (Å²) >= 11 is 0. The van der Waals surface area contributed by atoms with E-state index in [1.165, 1.54) is 25.7 Å². The van der Waals surface area contributed by atoms with Gasteiger partial charge in [0.2, 0.25) is 0 Å². The van der Waals surface area contributed by atoms with E-state index in [4.69, 9.17) is 0 Å². The van der Waals surface area contributed by atoms with Gasteiger partial charge < -0.3 is 4.57 Å². The predicted octanol–water partition coefficient (Wildman–Crippen LogP) is 2.46. The normalized spacial score (nSPS) is 9.42. The molecule has 3 heteroatoms. The van der Waals surface area contributed by atoms with E-state index in [-0.39, 0.29) is 27.3 Å². The Morgan fingerprint density at radius 2 is 2.08 bits per heavy atom. The summed E-state index contributed by atoms with van der Waals surface area (Å²) in [6, 6.07) is 0. The smallest absolute Gasteiger partial charge is 0.0945 e. The number of rotatable bonds is 5. The van der Waals surface area contributed by atoms with Gasteiger partial charge in [-0.1, -0.05) is 26.2 Å². The van der Waals surface area contributed by atoms with Gasteiger partial charge in [0.05, 0.1) is 6.33 Å². The third kappa shape index (κ3) is 4.90. The number of aryl methyl sites for hydroxylation is 1. The number of nitrogens with zero attached hydrogens (tertiary/aromatic N) is 2. The molecule has 0 saturated carbocycles. The molecule has 0 bridgehead atoms. The van der Waals surface area contributed by atoms with Crippen LogP contribution in [0.3, 0.4) is 0 Å². The average molecular weight is 265 g/mol. The Hall–Kier alpha value is 0.132. The molecule has 1 aromatic rings. The van der Waals surface area contributed by atoms with Crippen LogP contribution in [0.25, 0.3) is 0 Å². The van der Waals surface area contributed by atoms with Crippen LogP contribution < -0.4 is 0 Å². The quantitative estimate of drug-likeness (QED) is 0.590. The third-order valence-electron chi connectivity index (χ3n) is 1.83. The first kappa shape index (κ1) is 12.1. The molecule has 0 spiro atoms. The number of unbranched alkanes of at least 4 members (excludes halogenated alkanes) is 3. The maximum atomic E-state index is 3.98. The van der Waals surface area contributed by atoms with Crippen LogP contribution in [0.2, 0.25) is 0 Å². The van der Waals surface area contributed by atoms with Crippen LogP contribution in [0.4, 0.5) is 0 Å². The summed E-state index contributed by atoms with van der Waals surface area (Å²) in [4.78, 5) is 3.98. The summed E-state index contributed by atoms with van der Waals surface area (Å²) < 4.78 is 2.13. The molecule has 0 fully saturated rings. The van der Waals surface area contributed by atoms with Crippen LogP contribution in [0.1, 0.15) is 32.6 Å². The van der Waals surface area contributed by atoms with Crippen LogP contribution >= 0.6 is 0 Å². The first-order chi connectivity index (χ1) is 5.43. The van der Waals surface area contributed by atoms with E-state index in [1.807, 2.05) is 18.7 Å². The van der Waals surface area contributed by atoms with Crippen LogP contribution in [-0.2, 0) is 33.8 Å². The van der Waals surface area contributed by atoms with Gasteiger partial charge in [-0.2, -0.15) is 0 Å². The zero-order valence-corrected chi connectivity index (χ0v) is 11.9. The van der Waals surface area contributed by atoms with E-state index >= 15 is 0 Å². The Morgan fingerprint density at radius 3 is 2.67 bits per heavy atom. The van der Waals surface area contributed by atoms with E-state index in [2.05, 4.69) is 16.5 Å². The van der Waals surface area contributed by atoms with Gasteiger partial charge in [-0.3, -0.25) is 0 Å². The van der Waals surface area contributed by atoms with Crippen molar-refractivity contribution in [1.82, 2.24) is 9.55 Å². The molecular weight excluding hydrogens is 249 g/mol. The summed E-state index contributed by atoms with van der Waals surface area (Å²) in [5.41, 5.74) is 0. The Balaban J connectivity index is 0.00000121. The summed E-state index contributed by atoms with van der Waals surface area (Å²) in [6.07, 6.45) is 11.0. The molecule has 0 radical (unpaired) electrons. The third-order valence-corrected chi connectivity index (χ3v) is 1.83. The van der Waals surface area contributed by atoms with Gasteiger partial charge >= 0.3 is 0 Å². The molecule has 12 heavy (non-hydrogen) atoms. The molecule has 0 saturated heterocycles. The Labute approximate surface area is 94.5 Å². The molecule has 64 valence electrons. The van der Waals surface area contributed by atoms with E-state index in [0.717, 1.165) is 6.54 Å². The fraction of sp³-hybridized carbons (Fsp3) is 0.667. The van der Waals surface area contributed by atoms with Crippen LogP contribution in [0, 0.1) is 0 Å². The van der Waals surface area contributed by atoms with Crippen molar-refractivity contribution in [3.63, 3.8) is 0 Å². The number of hydrogen-bond acceptors (Lipinski definition) is 1. The monoisotopic (exact) mass is 266 g/mol. The van der Waals surface area contributed by atoms with Gasteiger partial charge in [-0.05, 0) is 6.42 Å². The molecular formula is C9H16CdN2. The number of aromatic nitrogens is 2. The molecule has 0 N–H and O–H groups in total. The zero-order valence-electron chi connectivity index (χ0n) is 7.87. The SMILES string of the molecule is CCCCCCn1ccnc1.[Cd]. The van der Waals surface area contributed by atoms with Crippen molar-refractivity contribution in [2.45, 2.75) is 39.2 Å². The predicted molar refractivity (Wildman–Crippen MR) is 46.4 cm³/mol. The molecule has 0 aliphatic heterocycles. The van der Waals surface area contributed by atoms with Gasteiger partial charge in [-0.25, -0.2) is 4.98 Å². The van der Waals surface area contributed by atoms with Crippen molar-refractivity contribution in [3.8, 4) is 0 Å². The van der Waals surface area contributed by atoms with Crippen LogP contribution in [0.15, 0.2) is 18.7 Å². The number of imidazole rings is 1. The van der Waals surface area contributed by atoms with E-state index in [1.54, 1.807) is 0 Å². The molecule has 0 aliphatic rings. The maximum absolute atomic E-state index is 3.98. The summed E-state index contributed by atoms with van der Waals surface area (Å²) in [7, 11) is 0. The van der Waals surface area contributed by atoms with E-state index in [9.17, 15) is 0 Å². The second-order valence-corrected chi connectivity index (χ2v) is 2.86. The van der Waals surface area contributed by atoms with Gasteiger partial charge in [0.15, 0.2) is 0 Å². The van der Waals surface area contributed by atoms with E-state index < -0.39 is 0 Å². The Kier molecular flexibility index (Phi) is 7.85. The maximum Gasteiger partial charge on any atom is 0.0945 e. The fourth-order valence-corrected chi connectivity index (χ4v) is 1.14. The van der Waals surface area contributed by atoms with Crippen molar-refractivity contribution in [2.24, 2.45) is 0 Å². The van der Waals surface area contributed by atoms with E-state index in [0.29, 0.717) is 0 Å². The van der Waals surface area contributed by atoms with Crippen molar-refractivity contribution < 1.29 is 27.3 Å². The summed E-state index contributed by atoms with van der Waals surface area (Å²) in [6.45, 7) is 3.36. The Bertz CT molecular complexity index is 173. The molecule has 1 rings (SSSR count). The topological polar surface area (TPSA) is 17.8 Å². The van der Waals surface area contributed by atoms with Crippen LogP contribution in [0.5, 0.6) is 0 Å².